The number of para-hydroxylation sites is 1. The molecular formula is C12H13NO3S. The standard InChI is InChI=1S/C12H13NO3S/c1-2-16-11(14)7-10-12(15)13-8-5-3-4-6-9(8)17-10/h3-6,10H,2,7H2,1H3,(H,13,15)/t10-/m1/s1. The van der Waals surface area contributed by atoms with Crippen molar-refractivity contribution in [2.24, 2.45) is 0 Å². The minimum Gasteiger partial charge on any atom is -0.466 e. The van der Waals surface area contributed by atoms with Gasteiger partial charge in [-0.3, -0.25) is 9.59 Å². The van der Waals surface area contributed by atoms with Gasteiger partial charge in [-0.25, -0.2) is 0 Å². The number of hydrogen-bond acceptors (Lipinski definition) is 4. The molecule has 1 N–H and O–H groups in total. The smallest absolute Gasteiger partial charge is 0.307 e. The van der Waals surface area contributed by atoms with Gasteiger partial charge in [0.15, 0.2) is 0 Å². The van der Waals surface area contributed by atoms with Crippen molar-refractivity contribution in [2.45, 2.75) is 23.5 Å². The van der Waals surface area contributed by atoms with E-state index >= 15 is 0 Å². The van der Waals surface area contributed by atoms with E-state index in [1.807, 2.05) is 24.3 Å². The molecule has 0 radical (unpaired) electrons. The zero-order valence-corrected chi connectivity index (χ0v) is 10.3. The summed E-state index contributed by atoms with van der Waals surface area (Å²) in [6.07, 6.45) is 0.110. The van der Waals surface area contributed by atoms with Gasteiger partial charge in [-0.15, -0.1) is 11.8 Å². The van der Waals surface area contributed by atoms with E-state index in [1.54, 1.807) is 6.92 Å². The van der Waals surface area contributed by atoms with Gasteiger partial charge >= 0.3 is 5.97 Å². The second kappa shape index (κ2) is 5.23. The summed E-state index contributed by atoms with van der Waals surface area (Å²) in [7, 11) is 0. The molecule has 0 fully saturated rings. The maximum Gasteiger partial charge on any atom is 0.307 e. The summed E-state index contributed by atoms with van der Waals surface area (Å²) in [6.45, 7) is 2.09. The van der Waals surface area contributed by atoms with Gasteiger partial charge in [0.1, 0.15) is 0 Å². The van der Waals surface area contributed by atoms with Crippen LogP contribution in [0.2, 0.25) is 0 Å². The Morgan fingerprint density at radius 2 is 2.24 bits per heavy atom. The second-order valence-corrected chi connectivity index (χ2v) is 4.85. The molecule has 1 aromatic carbocycles. The molecule has 1 aliphatic rings. The van der Waals surface area contributed by atoms with E-state index in [1.165, 1.54) is 11.8 Å². The third-order valence-corrected chi connectivity index (χ3v) is 3.64. The first-order valence-electron chi connectivity index (χ1n) is 5.43. The Balaban J connectivity index is 2.07. The molecule has 2 rings (SSSR count). The summed E-state index contributed by atoms with van der Waals surface area (Å²) < 4.78 is 4.85. The van der Waals surface area contributed by atoms with Gasteiger partial charge in [-0.05, 0) is 19.1 Å². The molecule has 1 aromatic rings. The first-order chi connectivity index (χ1) is 8.20. The first kappa shape index (κ1) is 12.0. The van der Waals surface area contributed by atoms with Crippen molar-refractivity contribution in [3.63, 3.8) is 0 Å². The number of carbonyl (C=O) groups excluding carboxylic acids is 2. The highest BCUT2D eigenvalue weighted by atomic mass is 32.2. The van der Waals surface area contributed by atoms with Gasteiger partial charge in [0.2, 0.25) is 5.91 Å². The second-order valence-electron chi connectivity index (χ2n) is 3.60. The van der Waals surface area contributed by atoms with Crippen molar-refractivity contribution in [2.75, 3.05) is 11.9 Å². The molecular weight excluding hydrogens is 238 g/mol. The number of benzene rings is 1. The molecule has 17 heavy (non-hydrogen) atoms. The minimum absolute atomic E-state index is 0.110. The molecule has 1 atom stereocenters. The van der Waals surface area contributed by atoms with Crippen molar-refractivity contribution in [3.8, 4) is 0 Å². The van der Waals surface area contributed by atoms with Crippen LogP contribution < -0.4 is 5.32 Å². The van der Waals surface area contributed by atoms with E-state index in [-0.39, 0.29) is 18.3 Å². The van der Waals surface area contributed by atoms with E-state index in [0.717, 1.165) is 10.6 Å². The van der Waals surface area contributed by atoms with Crippen LogP contribution in [-0.4, -0.2) is 23.7 Å². The van der Waals surface area contributed by atoms with Gasteiger partial charge < -0.3 is 10.1 Å². The Labute approximate surface area is 104 Å². The Hall–Kier alpha value is -1.49. The number of esters is 1. The molecule has 90 valence electrons. The summed E-state index contributed by atoms with van der Waals surface area (Å²) in [5.74, 6) is -0.471. The zero-order chi connectivity index (χ0) is 12.3. The Morgan fingerprint density at radius 1 is 1.47 bits per heavy atom. The Bertz CT molecular complexity index is 447. The predicted octanol–water partition coefficient (Wildman–Crippen LogP) is 2.05. The molecule has 0 saturated carbocycles. The third kappa shape index (κ3) is 2.79. The number of fused-ring (bicyclic) bond motifs is 1. The van der Waals surface area contributed by atoms with Gasteiger partial charge in [0.25, 0.3) is 0 Å². The van der Waals surface area contributed by atoms with Crippen LogP contribution in [-0.2, 0) is 14.3 Å². The van der Waals surface area contributed by atoms with Crippen molar-refractivity contribution in [1.29, 1.82) is 0 Å². The molecule has 0 saturated heterocycles. The molecule has 0 aromatic heterocycles. The summed E-state index contributed by atoms with van der Waals surface area (Å²) in [6, 6.07) is 7.55. The van der Waals surface area contributed by atoms with Crippen molar-refractivity contribution in [1.82, 2.24) is 0 Å². The number of hydrogen-bond donors (Lipinski definition) is 1. The van der Waals surface area contributed by atoms with Crippen LogP contribution in [0.3, 0.4) is 0 Å². The maximum atomic E-state index is 11.8. The van der Waals surface area contributed by atoms with Crippen molar-refractivity contribution >= 4 is 29.3 Å². The largest absolute Gasteiger partial charge is 0.466 e. The van der Waals surface area contributed by atoms with Crippen LogP contribution >= 0.6 is 11.8 Å². The number of carbonyl (C=O) groups is 2. The topological polar surface area (TPSA) is 55.4 Å². The fourth-order valence-electron chi connectivity index (χ4n) is 1.60. The summed E-state index contributed by atoms with van der Waals surface area (Å²) >= 11 is 1.41. The third-order valence-electron chi connectivity index (χ3n) is 2.36. The van der Waals surface area contributed by atoms with Crippen LogP contribution in [0.4, 0.5) is 5.69 Å². The lowest BCUT2D eigenvalue weighted by molar-refractivity contribution is -0.143. The van der Waals surface area contributed by atoms with Crippen molar-refractivity contribution < 1.29 is 14.3 Å². The number of nitrogens with one attached hydrogen (secondary N) is 1. The lowest BCUT2D eigenvalue weighted by Crippen LogP contribution is -2.31. The normalized spacial score (nSPS) is 18.2. The highest BCUT2D eigenvalue weighted by Gasteiger charge is 2.29. The maximum absolute atomic E-state index is 11.8. The SMILES string of the molecule is CCOC(=O)C[C@H]1Sc2ccccc2NC1=O. The quantitative estimate of drug-likeness (QED) is 0.835. The minimum atomic E-state index is -0.399. The first-order valence-corrected chi connectivity index (χ1v) is 6.31. The summed E-state index contributed by atoms with van der Waals surface area (Å²) in [4.78, 5) is 24.1. The van der Waals surface area contributed by atoms with Gasteiger partial charge in [-0.2, -0.15) is 0 Å². The lowest BCUT2D eigenvalue weighted by atomic mass is 10.2. The Morgan fingerprint density at radius 3 is 3.00 bits per heavy atom. The summed E-state index contributed by atoms with van der Waals surface area (Å²) in [5, 5.41) is 2.39. The van der Waals surface area contributed by atoms with Gasteiger partial charge in [-0.1, -0.05) is 12.1 Å². The fraction of sp³-hybridized carbons (Fsp3) is 0.333. The van der Waals surface area contributed by atoms with E-state index < -0.39 is 5.25 Å². The molecule has 0 bridgehead atoms. The zero-order valence-electron chi connectivity index (χ0n) is 9.43. The van der Waals surface area contributed by atoms with E-state index in [0.29, 0.717) is 6.61 Å². The van der Waals surface area contributed by atoms with Crippen molar-refractivity contribution in [3.05, 3.63) is 24.3 Å². The molecule has 1 aliphatic heterocycles. The molecule has 1 heterocycles. The number of thioether (sulfide) groups is 1. The number of rotatable bonds is 3. The van der Waals surface area contributed by atoms with Crippen LogP contribution in [0.5, 0.6) is 0 Å². The average Bonchev–Trinajstić information content (AvgIpc) is 2.30. The number of ether oxygens (including phenoxy) is 1. The van der Waals surface area contributed by atoms with E-state index in [2.05, 4.69) is 5.32 Å². The molecule has 0 spiro atoms. The van der Waals surface area contributed by atoms with Gasteiger partial charge in [0, 0.05) is 4.90 Å². The average molecular weight is 251 g/mol. The fourth-order valence-corrected chi connectivity index (χ4v) is 2.69. The monoisotopic (exact) mass is 251 g/mol. The molecule has 0 aliphatic carbocycles. The van der Waals surface area contributed by atoms with E-state index in [4.69, 9.17) is 4.74 Å². The van der Waals surface area contributed by atoms with Crippen LogP contribution in [0.1, 0.15) is 13.3 Å². The van der Waals surface area contributed by atoms with Crippen LogP contribution in [0.25, 0.3) is 0 Å². The molecule has 1 amide bonds. The highest BCUT2D eigenvalue weighted by Crippen LogP contribution is 2.36. The molecule has 4 nitrogen and oxygen atoms in total. The van der Waals surface area contributed by atoms with Crippen LogP contribution in [0.15, 0.2) is 29.2 Å². The van der Waals surface area contributed by atoms with E-state index in [9.17, 15) is 9.59 Å². The van der Waals surface area contributed by atoms with Gasteiger partial charge in [0.05, 0.1) is 24.0 Å². The molecule has 0 unspecified atom stereocenters. The summed E-state index contributed by atoms with van der Waals surface area (Å²) in [5.41, 5.74) is 0.808. The highest BCUT2D eigenvalue weighted by molar-refractivity contribution is 8.01. The number of anilines is 1. The lowest BCUT2D eigenvalue weighted by Gasteiger charge is -2.23. The molecule has 5 heteroatoms. The Kier molecular flexibility index (Phi) is 3.68. The predicted molar refractivity (Wildman–Crippen MR) is 66.0 cm³/mol. The number of amides is 1. The van der Waals surface area contributed by atoms with Crippen LogP contribution in [0, 0.1) is 0 Å².